The van der Waals surface area contributed by atoms with Gasteiger partial charge in [-0.25, -0.2) is 0 Å². The third-order valence-electron chi connectivity index (χ3n) is 6.33. The maximum absolute atomic E-state index is 13.1. The van der Waals surface area contributed by atoms with Gasteiger partial charge in [-0.3, -0.25) is 4.79 Å². The summed E-state index contributed by atoms with van der Waals surface area (Å²) >= 11 is 0. The molecule has 2 N–H and O–H groups in total. The average molecular weight is 396 g/mol. The first-order chi connectivity index (χ1) is 14.6. The second-order valence-corrected chi connectivity index (χ2v) is 8.04. The standard InChI is InChI=1S/C26H24N2O2/c1-28(18-8-3-2-4-9-18)26(30)17-14-15-23-22(16-17)19-11-7-12-20(19)25(27-23)21-10-5-6-13-24(21)29/h2-11,13-16,19-20,25,27,29H,12H2,1H3. The summed E-state index contributed by atoms with van der Waals surface area (Å²) in [6.07, 6.45) is 5.40. The number of nitrogens with one attached hydrogen (secondary N) is 1. The highest BCUT2D eigenvalue weighted by Gasteiger charge is 2.39. The molecule has 0 spiro atoms. The second kappa shape index (κ2) is 7.38. The smallest absolute Gasteiger partial charge is 0.258 e. The maximum atomic E-state index is 13.1. The van der Waals surface area contributed by atoms with Gasteiger partial charge in [-0.1, -0.05) is 48.6 Å². The lowest BCUT2D eigenvalue weighted by Gasteiger charge is -2.38. The zero-order valence-corrected chi connectivity index (χ0v) is 16.8. The Morgan fingerprint density at radius 2 is 1.77 bits per heavy atom. The fourth-order valence-electron chi connectivity index (χ4n) is 4.75. The lowest BCUT2D eigenvalue weighted by Crippen LogP contribution is -2.30. The highest BCUT2D eigenvalue weighted by Crippen LogP contribution is 2.51. The van der Waals surface area contributed by atoms with Gasteiger partial charge in [0.05, 0.1) is 6.04 Å². The monoisotopic (exact) mass is 396 g/mol. The van der Waals surface area contributed by atoms with Gasteiger partial charge in [0.25, 0.3) is 5.91 Å². The fourth-order valence-corrected chi connectivity index (χ4v) is 4.75. The van der Waals surface area contributed by atoms with Gasteiger partial charge in [0.2, 0.25) is 0 Å². The molecule has 1 heterocycles. The van der Waals surface area contributed by atoms with Gasteiger partial charge in [0.1, 0.15) is 5.75 Å². The molecule has 0 saturated carbocycles. The molecule has 0 fully saturated rings. The molecule has 0 aromatic heterocycles. The van der Waals surface area contributed by atoms with Crippen LogP contribution in [-0.4, -0.2) is 18.1 Å². The molecule has 2 aliphatic rings. The highest BCUT2D eigenvalue weighted by molar-refractivity contribution is 6.06. The van der Waals surface area contributed by atoms with Gasteiger partial charge in [0.15, 0.2) is 0 Å². The molecule has 3 unspecified atom stereocenters. The van der Waals surface area contributed by atoms with E-state index in [9.17, 15) is 9.90 Å². The molecule has 150 valence electrons. The number of anilines is 2. The molecule has 0 bridgehead atoms. The van der Waals surface area contributed by atoms with Crippen molar-refractivity contribution in [3.8, 4) is 5.75 Å². The van der Waals surface area contributed by atoms with E-state index in [1.165, 1.54) is 0 Å². The summed E-state index contributed by atoms with van der Waals surface area (Å²) in [5.41, 5.74) is 4.65. The molecule has 0 saturated heterocycles. The number of rotatable bonds is 3. The third kappa shape index (κ3) is 3.05. The molecule has 4 nitrogen and oxygen atoms in total. The molecular formula is C26H24N2O2. The Labute approximate surface area is 176 Å². The van der Waals surface area contributed by atoms with Crippen molar-refractivity contribution in [1.82, 2.24) is 0 Å². The van der Waals surface area contributed by atoms with Crippen LogP contribution in [0.3, 0.4) is 0 Å². The van der Waals surface area contributed by atoms with Crippen molar-refractivity contribution in [3.63, 3.8) is 0 Å². The number of hydrogen-bond acceptors (Lipinski definition) is 3. The zero-order valence-electron chi connectivity index (χ0n) is 16.8. The van der Waals surface area contributed by atoms with Gasteiger partial charge in [-0.05, 0) is 54.3 Å². The van der Waals surface area contributed by atoms with Crippen LogP contribution in [-0.2, 0) is 0 Å². The number of carbonyl (C=O) groups excluding carboxylic acids is 1. The van der Waals surface area contributed by atoms with E-state index >= 15 is 0 Å². The number of carbonyl (C=O) groups is 1. The molecular weight excluding hydrogens is 372 g/mol. The largest absolute Gasteiger partial charge is 0.508 e. The first-order valence-electron chi connectivity index (χ1n) is 10.3. The molecule has 1 aliphatic carbocycles. The van der Waals surface area contributed by atoms with Gasteiger partial charge in [-0.2, -0.15) is 0 Å². The van der Waals surface area contributed by atoms with Crippen LogP contribution in [0.5, 0.6) is 5.75 Å². The molecule has 3 atom stereocenters. The number of para-hydroxylation sites is 2. The second-order valence-electron chi connectivity index (χ2n) is 8.04. The number of hydrogen-bond donors (Lipinski definition) is 2. The predicted octanol–water partition coefficient (Wildman–Crippen LogP) is 5.50. The summed E-state index contributed by atoms with van der Waals surface area (Å²) in [5, 5.41) is 14.0. The van der Waals surface area contributed by atoms with Crippen LogP contribution in [0.4, 0.5) is 11.4 Å². The summed E-state index contributed by atoms with van der Waals surface area (Å²) in [5.74, 6) is 0.828. The van der Waals surface area contributed by atoms with Crippen LogP contribution in [0.2, 0.25) is 0 Å². The van der Waals surface area contributed by atoms with Crippen molar-refractivity contribution in [1.29, 1.82) is 0 Å². The van der Waals surface area contributed by atoms with E-state index in [0.29, 0.717) is 17.2 Å². The Balaban J connectivity index is 1.49. The quantitative estimate of drug-likeness (QED) is 0.575. The lowest BCUT2D eigenvalue weighted by atomic mass is 9.76. The number of allylic oxidation sites excluding steroid dienone is 2. The SMILES string of the molecule is CN(C(=O)c1ccc2c(c1)C1C=CCC1C(c1ccccc1O)N2)c1ccccc1. The number of aromatic hydroxyl groups is 1. The summed E-state index contributed by atoms with van der Waals surface area (Å²) in [7, 11) is 1.81. The highest BCUT2D eigenvalue weighted by atomic mass is 16.3. The van der Waals surface area contributed by atoms with E-state index in [-0.39, 0.29) is 17.9 Å². The Bertz CT molecular complexity index is 1120. The molecule has 30 heavy (non-hydrogen) atoms. The number of benzene rings is 3. The normalized spacial score (nSPS) is 21.4. The minimum atomic E-state index is -0.0228. The first-order valence-corrected chi connectivity index (χ1v) is 10.3. The van der Waals surface area contributed by atoms with Crippen molar-refractivity contribution < 1.29 is 9.90 Å². The molecule has 3 aromatic carbocycles. The van der Waals surface area contributed by atoms with Gasteiger partial charge in [-0.15, -0.1) is 0 Å². The van der Waals surface area contributed by atoms with E-state index in [0.717, 1.165) is 28.9 Å². The van der Waals surface area contributed by atoms with Crippen LogP contribution in [0, 0.1) is 5.92 Å². The minimum absolute atomic E-state index is 0.0228. The first kappa shape index (κ1) is 18.5. The van der Waals surface area contributed by atoms with Crippen LogP contribution in [0.15, 0.2) is 84.9 Å². The Morgan fingerprint density at radius 3 is 2.57 bits per heavy atom. The van der Waals surface area contributed by atoms with E-state index < -0.39 is 0 Å². The van der Waals surface area contributed by atoms with E-state index in [4.69, 9.17) is 0 Å². The molecule has 0 radical (unpaired) electrons. The van der Waals surface area contributed by atoms with Crippen LogP contribution in [0.25, 0.3) is 0 Å². The summed E-state index contributed by atoms with van der Waals surface area (Å²) in [6.45, 7) is 0. The van der Waals surface area contributed by atoms with Crippen molar-refractivity contribution in [2.75, 3.05) is 17.3 Å². The molecule has 4 heteroatoms. The molecule has 1 amide bonds. The van der Waals surface area contributed by atoms with Crippen molar-refractivity contribution >= 4 is 17.3 Å². The van der Waals surface area contributed by atoms with E-state index in [2.05, 4.69) is 17.5 Å². The van der Waals surface area contributed by atoms with E-state index in [1.807, 2.05) is 73.8 Å². The number of phenolic OH excluding ortho intramolecular Hbond substituents is 1. The Kier molecular flexibility index (Phi) is 4.55. The maximum Gasteiger partial charge on any atom is 0.258 e. The number of amides is 1. The number of fused-ring (bicyclic) bond motifs is 3. The summed E-state index contributed by atoms with van der Waals surface area (Å²) < 4.78 is 0. The predicted molar refractivity (Wildman–Crippen MR) is 120 cm³/mol. The van der Waals surface area contributed by atoms with Gasteiger partial charge in [0, 0.05) is 35.5 Å². The zero-order chi connectivity index (χ0) is 20.7. The van der Waals surface area contributed by atoms with Crippen molar-refractivity contribution in [2.45, 2.75) is 18.4 Å². The fraction of sp³-hybridized carbons (Fsp3) is 0.192. The third-order valence-corrected chi connectivity index (χ3v) is 6.33. The lowest BCUT2D eigenvalue weighted by molar-refractivity contribution is 0.0993. The topological polar surface area (TPSA) is 52.6 Å². The number of phenols is 1. The van der Waals surface area contributed by atoms with Gasteiger partial charge >= 0.3 is 0 Å². The summed E-state index contributed by atoms with van der Waals surface area (Å²) in [4.78, 5) is 14.8. The van der Waals surface area contributed by atoms with Crippen LogP contribution < -0.4 is 10.2 Å². The van der Waals surface area contributed by atoms with E-state index in [1.54, 1.807) is 11.0 Å². The average Bonchev–Trinajstić information content (AvgIpc) is 3.29. The molecule has 5 rings (SSSR count). The molecule has 3 aromatic rings. The van der Waals surface area contributed by atoms with Crippen molar-refractivity contribution in [3.05, 3.63) is 102 Å². The van der Waals surface area contributed by atoms with Crippen LogP contribution in [0.1, 0.15) is 39.9 Å². The summed E-state index contributed by atoms with van der Waals surface area (Å²) in [6, 6.07) is 23.2. The van der Waals surface area contributed by atoms with Crippen LogP contribution >= 0.6 is 0 Å². The Morgan fingerprint density at radius 1 is 1.00 bits per heavy atom. The Hall–Kier alpha value is -3.53. The number of nitrogens with zero attached hydrogens (tertiary/aromatic N) is 1. The van der Waals surface area contributed by atoms with Gasteiger partial charge < -0.3 is 15.3 Å². The van der Waals surface area contributed by atoms with Crippen molar-refractivity contribution in [2.24, 2.45) is 5.92 Å². The minimum Gasteiger partial charge on any atom is -0.508 e. The molecule has 1 aliphatic heterocycles.